The first-order valence-corrected chi connectivity index (χ1v) is 8.64. The Morgan fingerprint density at radius 3 is 2.88 bits per heavy atom. The van der Waals surface area contributed by atoms with Crippen molar-refractivity contribution in [3.63, 3.8) is 0 Å². The quantitative estimate of drug-likeness (QED) is 0.920. The molecule has 1 amide bonds. The van der Waals surface area contributed by atoms with E-state index in [2.05, 4.69) is 17.2 Å². The van der Waals surface area contributed by atoms with Crippen molar-refractivity contribution in [2.75, 3.05) is 13.1 Å². The van der Waals surface area contributed by atoms with E-state index < -0.39 is 0 Å². The Labute approximate surface area is 146 Å². The van der Waals surface area contributed by atoms with Crippen molar-refractivity contribution < 1.29 is 4.79 Å². The maximum atomic E-state index is 13.0. The van der Waals surface area contributed by atoms with E-state index in [-0.39, 0.29) is 11.9 Å². The van der Waals surface area contributed by atoms with Gasteiger partial charge in [-0.15, -0.1) is 5.10 Å². The Morgan fingerprint density at radius 2 is 2.25 bits per heavy atom. The predicted octanol–water partition coefficient (Wildman–Crippen LogP) is 2.29. The first kappa shape index (κ1) is 16.9. The Morgan fingerprint density at radius 1 is 1.46 bits per heavy atom. The number of hydrogen-bond acceptors (Lipinski definition) is 4. The van der Waals surface area contributed by atoms with E-state index in [1.54, 1.807) is 10.7 Å². The fourth-order valence-electron chi connectivity index (χ4n) is 3.33. The van der Waals surface area contributed by atoms with E-state index in [1.165, 1.54) is 0 Å². The van der Waals surface area contributed by atoms with E-state index in [4.69, 9.17) is 17.3 Å². The molecule has 128 valence electrons. The van der Waals surface area contributed by atoms with Crippen LogP contribution in [0, 0.1) is 5.92 Å². The lowest BCUT2D eigenvalue weighted by molar-refractivity contribution is 0.0736. The number of aromatic nitrogens is 3. The van der Waals surface area contributed by atoms with Crippen molar-refractivity contribution in [3.8, 4) is 5.69 Å². The van der Waals surface area contributed by atoms with Gasteiger partial charge >= 0.3 is 0 Å². The van der Waals surface area contributed by atoms with Crippen LogP contribution in [-0.4, -0.2) is 44.9 Å². The fourth-order valence-corrected chi connectivity index (χ4v) is 3.52. The second kappa shape index (κ2) is 6.91. The Balaban J connectivity index is 1.93. The highest BCUT2D eigenvalue weighted by Gasteiger charge is 2.34. The summed E-state index contributed by atoms with van der Waals surface area (Å²) in [4.78, 5) is 14.8. The molecule has 24 heavy (non-hydrogen) atoms. The van der Waals surface area contributed by atoms with Crippen LogP contribution >= 0.6 is 11.6 Å². The number of halogens is 1. The van der Waals surface area contributed by atoms with E-state index in [1.807, 2.05) is 30.0 Å². The van der Waals surface area contributed by atoms with Gasteiger partial charge in [0.1, 0.15) is 0 Å². The van der Waals surface area contributed by atoms with Crippen molar-refractivity contribution in [2.24, 2.45) is 11.7 Å². The molecule has 2 aromatic rings. The maximum absolute atomic E-state index is 13.0. The van der Waals surface area contributed by atoms with Gasteiger partial charge in [-0.2, -0.15) is 0 Å². The molecule has 1 aromatic carbocycles. The van der Waals surface area contributed by atoms with E-state index in [9.17, 15) is 4.79 Å². The number of amides is 1. The summed E-state index contributed by atoms with van der Waals surface area (Å²) in [5.41, 5.74) is 7.79. The first-order chi connectivity index (χ1) is 11.5. The van der Waals surface area contributed by atoms with Crippen LogP contribution in [0.4, 0.5) is 0 Å². The second-order valence-corrected chi connectivity index (χ2v) is 6.71. The number of carbonyl (C=O) groups excluding carboxylic acids is 1. The van der Waals surface area contributed by atoms with Crippen molar-refractivity contribution in [2.45, 2.75) is 32.7 Å². The normalized spacial score (nSPS) is 20.6. The number of carbonyl (C=O) groups is 1. The summed E-state index contributed by atoms with van der Waals surface area (Å²) in [7, 11) is 0. The molecule has 6 nitrogen and oxygen atoms in total. The Bertz CT molecular complexity index is 744. The zero-order valence-corrected chi connectivity index (χ0v) is 14.7. The highest BCUT2D eigenvalue weighted by Crippen LogP contribution is 2.25. The molecule has 1 aromatic heterocycles. The third kappa shape index (κ3) is 3.03. The molecule has 2 N–H and O–H groups in total. The van der Waals surface area contributed by atoms with Crippen molar-refractivity contribution in [1.29, 1.82) is 0 Å². The summed E-state index contributed by atoms with van der Waals surface area (Å²) in [5.74, 6) is 0.292. The summed E-state index contributed by atoms with van der Waals surface area (Å²) in [6.45, 7) is 5.33. The molecule has 1 aliphatic rings. The molecular weight excluding hydrogens is 326 g/mol. The lowest BCUT2D eigenvalue weighted by Crippen LogP contribution is -2.35. The minimum absolute atomic E-state index is 0.0661. The molecule has 2 heterocycles. The van der Waals surface area contributed by atoms with E-state index in [0.717, 1.165) is 17.8 Å². The molecule has 0 radical (unpaired) electrons. The molecule has 1 saturated heterocycles. The van der Waals surface area contributed by atoms with Crippen molar-refractivity contribution in [1.82, 2.24) is 19.9 Å². The van der Waals surface area contributed by atoms with Crippen LogP contribution in [0.5, 0.6) is 0 Å². The molecule has 0 aliphatic carbocycles. The summed E-state index contributed by atoms with van der Waals surface area (Å²) in [6.07, 6.45) is 1.59. The van der Waals surface area contributed by atoms with E-state index in [0.29, 0.717) is 36.1 Å². The van der Waals surface area contributed by atoms with Crippen LogP contribution in [0.15, 0.2) is 24.3 Å². The lowest BCUT2D eigenvalue weighted by Gasteiger charge is -2.20. The van der Waals surface area contributed by atoms with Gasteiger partial charge in [0.15, 0.2) is 5.69 Å². The van der Waals surface area contributed by atoms with Gasteiger partial charge in [-0.05, 0) is 50.4 Å². The molecule has 2 atom stereocenters. The molecule has 0 spiro atoms. The summed E-state index contributed by atoms with van der Waals surface area (Å²) >= 11 is 6.07. The monoisotopic (exact) mass is 347 g/mol. The van der Waals surface area contributed by atoms with Gasteiger partial charge in [0.05, 0.1) is 11.4 Å². The third-order valence-electron chi connectivity index (χ3n) is 4.61. The highest BCUT2D eigenvalue weighted by molar-refractivity contribution is 6.30. The molecule has 1 aliphatic heterocycles. The zero-order valence-electron chi connectivity index (χ0n) is 13.9. The largest absolute Gasteiger partial charge is 0.334 e. The van der Waals surface area contributed by atoms with Gasteiger partial charge in [0, 0.05) is 17.6 Å². The van der Waals surface area contributed by atoms with Crippen LogP contribution in [0.2, 0.25) is 5.02 Å². The molecule has 2 unspecified atom stereocenters. The number of rotatable bonds is 4. The highest BCUT2D eigenvalue weighted by atomic mass is 35.5. The van der Waals surface area contributed by atoms with Crippen LogP contribution in [0.25, 0.3) is 5.69 Å². The molecule has 0 bridgehead atoms. The Hall–Kier alpha value is -1.92. The lowest BCUT2D eigenvalue weighted by atomic mass is 10.1. The SMILES string of the molecule is CCc1c(C(=O)N2CC(CN)CC2C)nnn1-c1cccc(Cl)c1. The molecule has 7 heteroatoms. The van der Waals surface area contributed by atoms with Gasteiger partial charge in [-0.3, -0.25) is 4.79 Å². The maximum Gasteiger partial charge on any atom is 0.276 e. The van der Waals surface area contributed by atoms with Crippen LogP contribution in [-0.2, 0) is 6.42 Å². The van der Waals surface area contributed by atoms with Crippen molar-refractivity contribution in [3.05, 3.63) is 40.7 Å². The van der Waals surface area contributed by atoms with Crippen LogP contribution in [0.1, 0.15) is 36.5 Å². The van der Waals surface area contributed by atoms with Crippen molar-refractivity contribution >= 4 is 17.5 Å². The molecule has 0 saturated carbocycles. The molecule has 1 fully saturated rings. The van der Waals surface area contributed by atoms with Crippen LogP contribution in [0.3, 0.4) is 0 Å². The third-order valence-corrected chi connectivity index (χ3v) is 4.84. The average Bonchev–Trinajstić information content (AvgIpc) is 3.17. The second-order valence-electron chi connectivity index (χ2n) is 6.27. The van der Waals surface area contributed by atoms with Gasteiger partial charge in [0.2, 0.25) is 0 Å². The smallest absolute Gasteiger partial charge is 0.276 e. The average molecular weight is 348 g/mol. The van der Waals surface area contributed by atoms with Crippen LogP contribution < -0.4 is 5.73 Å². The topological polar surface area (TPSA) is 77.0 Å². The number of likely N-dealkylation sites (tertiary alicyclic amines) is 1. The minimum Gasteiger partial charge on any atom is -0.334 e. The summed E-state index contributed by atoms with van der Waals surface area (Å²) < 4.78 is 1.69. The number of benzene rings is 1. The summed E-state index contributed by atoms with van der Waals surface area (Å²) in [6, 6.07) is 7.54. The van der Waals surface area contributed by atoms with Gasteiger partial charge in [-0.25, -0.2) is 4.68 Å². The van der Waals surface area contributed by atoms with E-state index >= 15 is 0 Å². The standard InChI is InChI=1S/C17H22ClN5O/c1-3-15-16(17(24)22-10-12(9-19)7-11(22)2)20-21-23(15)14-6-4-5-13(18)8-14/h4-6,8,11-12H,3,7,9-10,19H2,1-2H3. The first-order valence-electron chi connectivity index (χ1n) is 8.26. The van der Waals surface area contributed by atoms with Gasteiger partial charge in [0.25, 0.3) is 5.91 Å². The molecule has 3 rings (SSSR count). The van der Waals surface area contributed by atoms with Gasteiger partial charge in [-0.1, -0.05) is 29.8 Å². The molecular formula is C17H22ClN5O. The zero-order chi connectivity index (χ0) is 17.3. The summed E-state index contributed by atoms with van der Waals surface area (Å²) in [5, 5.41) is 8.98. The van der Waals surface area contributed by atoms with Gasteiger partial charge < -0.3 is 10.6 Å². The number of nitrogens with two attached hydrogens (primary N) is 1. The predicted molar refractivity (Wildman–Crippen MR) is 93.4 cm³/mol. The minimum atomic E-state index is -0.0661. The number of hydrogen-bond donors (Lipinski definition) is 1. The number of nitrogens with zero attached hydrogens (tertiary/aromatic N) is 4. The Kier molecular flexibility index (Phi) is 4.87. The fraction of sp³-hybridized carbons (Fsp3) is 0.471.